The predicted molar refractivity (Wildman–Crippen MR) is 75.0 cm³/mol. The molecule has 0 aromatic carbocycles. The first-order valence-electron chi connectivity index (χ1n) is 6.31. The van der Waals surface area contributed by atoms with Crippen LogP contribution in [0.15, 0.2) is 0 Å². The lowest BCUT2D eigenvalue weighted by Crippen LogP contribution is -2.52. The lowest BCUT2D eigenvalue weighted by Gasteiger charge is -2.18. The molecule has 0 aliphatic rings. The van der Waals surface area contributed by atoms with E-state index in [4.69, 9.17) is 15.9 Å². The molecule has 9 nitrogen and oxygen atoms in total. The Hall–Kier alpha value is -1.57. The maximum absolute atomic E-state index is 11.7. The van der Waals surface area contributed by atoms with E-state index in [1.807, 2.05) is 0 Å². The molecule has 0 saturated heterocycles. The molecule has 10 heteroatoms. The summed E-state index contributed by atoms with van der Waals surface area (Å²) in [6.45, 7) is 2.69. The second-order valence-electron chi connectivity index (χ2n) is 4.54. The van der Waals surface area contributed by atoms with Crippen molar-refractivity contribution in [1.29, 1.82) is 0 Å². The molecular weight excluding hydrogens is 301 g/mol. The first-order valence-corrected chi connectivity index (χ1v) is 7.94. The quantitative estimate of drug-likeness (QED) is 0.325. The van der Waals surface area contributed by atoms with Crippen LogP contribution < -0.4 is 16.4 Å². The zero-order valence-electron chi connectivity index (χ0n) is 11.9. The predicted octanol–water partition coefficient (Wildman–Crippen LogP) is -1.42. The van der Waals surface area contributed by atoms with Gasteiger partial charge in [-0.15, -0.1) is 0 Å². The van der Waals surface area contributed by atoms with Gasteiger partial charge in [-0.05, 0) is 13.8 Å². The standard InChI is InChI=1S/C11H20N3O6P/c1-6(9(16)14-7(2)11(18)19)13-10(17)8(12)3-4-21(20)5-15/h6-8,15H,3-5,12H2,1-2H3,(H2-,13,14,16,17,18,19)/p+1/t6-,7-,8?/m0/s1. The minimum atomic E-state index is -1.79. The molecule has 0 fully saturated rings. The molecule has 0 heterocycles. The van der Waals surface area contributed by atoms with Crippen LogP contribution in [0.5, 0.6) is 0 Å². The van der Waals surface area contributed by atoms with Gasteiger partial charge in [-0.3, -0.25) is 14.4 Å². The van der Waals surface area contributed by atoms with Gasteiger partial charge in [0.2, 0.25) is 18.2 Å². The highest BCUT2D eigenvalue weighted by molar-refractivity contribution is 7.44. The van der Waals surface area contributed by atoms with Crippen LogP contribution >= 0.6 is 7.80 Å². The summed E-state index contributed by atoms with van der Waals surface area (Å²) in [5.41, 5.74) is 5.57. The van der Waals surface area contributed by atoms with E-state index < -0.39 is 50.1 Å². The Kier molecular flexibility index (Phi) is 8.68. The third kappa shape index (κ3) is 7.69. The molecule has 0 rings (SSSR count). The molecule has 21 heavy (non-hydrogen) atoms. The molecule has 0 aliphatic carbocycles. The van der Waals surface area contributed by atoms with E-state index in [0.29, 0.717) is 0 Å². The van der Waals surface area contributed by atoms with Crippen molar-refractivity contribution in [3.63, 3.8) is 0 Å². The summed E-state index contributed by atoms with van der Waals surface area (Å²) < 4.78 is 11.0. The fourth-order valence-corrected chi connectivity index (χ4v) is 1.98. The second-order valence-corrected chi connectivity index (χ2v) is 6.23. The van der Waals surface area contributed by atoms with Gasteiger partial charge in [-0.2, -0.15) is 0 Å². The Morgan fingerprint density at radius 2 is 1.67 bits per heavy atom. The molecule has 0 spiro atoms. The first-order chi connectivity index (χ1) is 9.68. The number of hydrogen-bond donors (Lipinski definition) is 5. The average Bonchev–Trinajstić information content (AvgIpc) is 2.43. The molecule has 4 atom stereocenters. The normalized spacial score (nSPS) is 15.5. The van der Waals surface area contributed by atoms with Crippen molar-refractivity contribution in [3.05, 3.63) is 0 Å². The minimum Gasteiger partial charge on any atom is -0.480 e. The molecule has 0 aromatic rings. The largest absolute Gasteiger partial charge is 0.480 e. The molecule has 0 bridgehead atoms. The summed E-state index contributed by atoms with van der Waals surface area (Å²) >= 11 is 0. The van der Waals surface area contributed by atoms with Gasteiger partial charge >= 0.3 is 13.8 Å². The summed E-state index contributed by atoms with van der Waals surface area (Å²) in [6.07, 6.45) is -0.242. The zero-order valence-corrected chi connectivity index (χ0v) is 12.8. The van der Waals surface area contributed by atoms with Gasteiger partial charge < -0.3 is 26.6 Å². The van der Waals surface area contributed by atoms with Gasteiger partial charge in [0.25, 0.3) is 0 Å². The number of aliphatic hydroxyl groups excluding tert-OH is 1. The topological polar surface area (TPSA) is 159 Å². The highest BCUT2D eigenvalue weighted by Gasteiger charge is 2.24. The fourth-order valence-electron chi connectivity index (χ4n) is 1.27. The number of aliphatic carboxylic acids is 1. The SMILES string of the molecule is C[C@H](NC(=O)[C@H](C)NC(=O)C(N)CC[P+](=O)CO)C(=O)O. The lowest BCUT2D eigenvalue weighted by molar-refractivity contribution is -0.141. The molecule has 2 unspecified atom stereocenters. The molecule has 6 N–H and O–H groups in total. The Balaban J connectivity index is 4.27. The smallest absolute Gasteiger partial charge is 0.366 e. The monoisotopic (exact) mass is 322 g/mol. The molecule has 0 aromatic heterocycles. The van der Waals surface area contributed by atoms with Crippen molar-refractivity contribution >= 4 is 25.6 Å². The average molecular weight is 322 g/mol. The number of nitrogens with one attached hydrogen (secondary N) is 2. The highest BCUT2D eigenvalue weighted by atomic mass is 31.1. The van der Waals surface area contributed by atoms with E-state index in [-0.39, 0.29) is 12.6 Å². The van der Waals surface area contributed by atoms with Gasteiger partial charge in [-0.25, -0.2) is 0 Å². The van der Waals surface area contributed by atoms with E-state index in [2.05, 4.69) is 10.6 Å². The summed E-state index contributed by atoms with van der Waals surface area (Å²) in [5, 5.41) is 21.8. The van der Waals surface area contributed by atoms with Crippen molar-refractivity contribution in [2.24, 2.45) is 5.73 Å². The highest BCUT2D eigenvalue weighted by Crippen LogP contribution is 2.19. The Bertz CT molecular complexity index is 417. The number of nitrogens with two attached hydrogens (primary N) is 1. The van der Waals surface area contributed by atoms with Crippen molar-refractivity contribution < 1.29 is 29.2 Å². The number of rotatable bonds is 9. The minimum absolute atomic E-state index is 0.108. The second kappa shape index (κ2) is 9.38. The van der Waals surface area contributed by atoms with E-state index in [9.17, 15) is 18.9 Å². The number of carbonyl (C=O) groups is 3. The summed E-state index contributed by atoms with van der Waals surface area (Å²) in [4.78, 5) is 33.9. The van der Waals surface area contributed by atoms with Crippen LogP contribution in [0.4, 0.5) is 0 Å². The zero-order chi connectivity index (χ0) is 16.6. The maximum atomic E-state index is 11.7. The van der Waals surface area contributed by atoms with Crippen molar-refractivity contribution in [2.75, 3.05) is 12.5 Å². The van der Waals surface area contributed by atoms with Crippen LogP contribution in [0, 0.1) is 0 Å². The summed E-state index contributed by atoms with van der Waals surface area (Å²) in [5.74, 6) is -2.44. The van der Waals surface area contributed by atoms with Crippen LogP contribution in [-0.2, 0) is 18.9 Å². The number of carboxylic acid groups (broad SMARTS) is 1. The summed E-state index contributed by atoms with van der Waals surface area (Å²) in [6, 6.07) is -2.97. The first kappa shape index (κ1) is 19.4. The van der Waals surface area contributed by atoms with Crippen molar-refractivity contribution in [1.82, 2.24) is 10.6 Å². The molecular formula is C11H21N3O6P+. The third-order valence-corrected chi connectivity index (χ3v) is 3.74. The van der Waals surface area contributed by atoms with Crippen LogP contribution in [0.2, 0.25) is 0 Å². The third-order valence-electron chi connectivity index (χ3n) is 2.67. The molecule has 0 aliphatic heterocycles. The maximum Gasteiger partial charge on any atom is 0.366 e. The van der Waals surface area contributed by atoms with Gasteiger partial charge in [0.1, 0.15) is 12.1 Å². The van der Waals surface area contributed by atoms with E-state index in [1.165, 1.54) is 13.8 Å². The Morgan fingerprint density at radius 1 is 1.14 bits per heavy atom. The van der Waals surface area contributed by atoms with Crippen molar-refractivity contribution in [3.8, 4) is 0 Å². The molecule has 0 saturated carbocycles. The Labute approximate surface area is 123 Å². The van der Waals surface area contributed by atoms with Crippen LogP contribution in [-0.4, -0.2) is 58.6 Å². The van der Waals surface area contributed by atoms with E-state index in [0.717, 1.165) is 0 Å². The van der Waals surface area contributed by atoms with Crippen molar-refractivity contribution in [2.45, 2.75) is 38.4 Å². The van der Waals surface area contributed by atoms with Gasteiger partial charge in [0, 0.05) is 6.42 Å². The van der Waals surface area contributed by atoms with E-state index in [1.54, 1.807) is 0 Å². The Morgan fingerprint density at radius 3 is 2.14 bits per heavy atom. The molecule has 0 radical (unpaired) electrons. The number of aliphatic hydroxyl groups is 1. The van der Waals surface area contributed by atoms with Gasteiger partial charge in [0.15, 0.2) is 6.16 Å². The van der Waals surface area contributed by atoms with Crippen LogP contribution in [0.1, 0.15) is 20.3 Å². The molecule has 2 amide bonds. The number of amides is 2. The number of carboxylic acids is 1. The van der Waals surface area contributed by atoms with Gasteiger partial charge in [-0.1, -0.05) is 4.57 Å². The lowest BCUT2D eigenvalue weighted by atomic mass is 10.2. The van der Waals surface area contributed by atoms with Gasteiger partial charge in [0.05, 0.1) is 6.04 Å². The molecule has 120 valence electrons. The fraction of sp³-hybridized carbons (Fsp3) is 0.727. The number of hydrogen-bond acceptors (Lipinski definition) is 6. The van der Waals surface area contributed by atoms with E-state index >= 15 is 0 Å². The summed E-state index contributed by atoms with van der Waals surface area (Å²) in [7, 11) is -1.79. The number of carbonyl (C=O) groups excluding carboxylic acids is 2. The van der Waals surface area contributed by atoms with Crippen LogP contribution in [0.3, 0.4) is 0 Å². The van der Waals surface area contributed by atoms with Crippen LogP contribution in [0.25, 0.3) is 0 Å².